The lowest BCUT2D eigenvalue weighted by atomic mass is 9.93. The topological polar surface area (TPSA) is 91.2 Å². The minimum atomic E-state index is -4.62. The smallest absolute Gasteiger partial charge is 0.452 e. The molecule has 1 atom stereocenters. The summed E-state index contributed by atoms with van der Waals surface area (Å²) < 4.78 is 42.4. The highest BCUT2D eigenvalue weighted by Gasteiger charge is 2.36. The van der Waals surface area contributed by atoms with Crippen LogP contribution in [0, 0.1) is 5.92 Å². The summed E-state index contributed by atoms with van der Waals surface area (Å²) in [5, 5.41) is 12.2. The number of aromatic nitrogens is 3. The van der Waals surface area contributed by atoms with Crippen molar-refractivity contribution in [3.63, 3.8) is 0 Å². The molecule has 33 heavy (non-hydrogen) atoms. The average Bonchev–Trinajstić information content (AvgIpc) is 3.21. The van der Waals surface area contributed by atoms with Gasteiger partial charge in [0, 0.05) is 30.3 Å². The number of carboxylic acids is 1. The Hall–Kier alpha value is -2.43. The number of pyridine rings is 1. The van der Waals surface area contributed by atoms with Crippen LogP contribution in [-0.4, -0.2) is 38.0 Å². The first-order valence-corrected chi connectivity index (χ1v) is 12.0. The number of alkyl halides is 3. The van der Waals surface area contributed by atoms with Crippen LogP contribution in [0.25, 0.3) is 0 Å². The highest BCUT2D eigenvalue weighted by Crippen LogP contribution is 2.37. The van der Waals surface area contributed by atoms with Crippen molar-refractivity contribution in [2.75, 3.05) is 16.8 Å². The van der Waals surface area contributed by atoms with Gasteiger partial charge in [0.25, 0.3) is 0 Å². The molecule has 2 aromatic heterocycles. The minimum absolute atomic E-state index is 0.0153. The first-order chi connectivity index (χ1) is 15.5. The molecule has 3 rings (SSSR count). The van der Waals surface area contributed by atoms with Crippen LogP contribution in [-0.2, 0) is 11.0 Å². The molecule has 11 heteroatoms. The molecule has 0 radical (unpaired) electrons. The molecule has 2 heterocycles. The van der Waals surface area contributed by atoms with E-state index in [-0.39, 0.29) is 23.5 Å². The van der Waals surface area contributed by atoms with Crippen molar-refractivity contribution < 1.29 is 23.1 Å². The molecule has 7 nitrogen and oxygen atoms in total. The zero-order valence-corrected chi connectivity index (χ0v) is 19.8. The molecule has 0 saturated heterocycles. The van der Waals surface area contributed by atoms with Gasteiger partial charge in [-0.3, -0.25) is 4.79 Å². The Bertz CT molecular complexity index is 944. The maximum Gasteiger partial charge on any atom is 0.452 e. The predicted molar refractivity (Wildman–Crippen MR) is 122 cm³/mol. The molecule has 0 amide bonds. The summed E-state index contributed by atoms with van der Waals surface area (Å²) in [6.45, 7) is 6.77. The maximum absolute atomic E-state index is 13.0. The lowest BCUT2D eigenvalue weighted by Gasteiger charge is -2.37. The van der Waals surface area contributed by atoms with Crippen LogP contribution in [0.4, 0.5) is 29.8 Å². The fraction of sp³-hybridized carbons (Fsp3) is 0.636. The fourth-order valence-corrected chi connectivity index (χ4v) is 4.74. The molecule has 2 N–H and O–H groups in total. The lowest BCUT2D eigenvalue weighted by molar-refractivity contribution is -0.144. The van der Waals surface area contributed by atoms with Crippen LogP contribution in [0.3, 0.4) is 0 Å². The van der Waals surface area contributed by atoms with Crippen molar-refractivity contribution in [1.82, 2.24) is 14.3 Å². The Kier molecular flexibility index (Phi) is 8.14. The maximum atomic E-state index is 13.0. The molecular weight excluding hydrogens is 455 g/mol. The Balaban J connectivity index is 2.01. The van der Waals surface area contributed by atoms with E-state index in [0.717, 1.165) is 32.2 Å². The van der Waals surface area contributed by atoms with Crippen LogP contribution >= 0.6 is 11.5 Å². The SMILES string of the molecule is CC(C)CN(c1ncc([C@H](C)CC(=O)O)cc1Nc1nc(C(F)(F)F)ns1)C1CCCCC1. The third kappa shape index (κ3) is 6.78. The monoisotopic (exact) mass is 485 g/mol. The summed E-state index contributed by atoms with van der Waals surface area (Å²) in [7, 11) is 0. The quantitative estimate of drug-likeness (QED) is 0.445. The molecule has 0 unspecified atom stereocenters. The van der Waals surface area contributed by atoms with Crippen molar-refractivity contribution in [1.29, 1.82) is 0 Å². The Morgan fingerprint density at radius 1 is 1.27 bits per heavy atom. The van der Waals surface area contributed by atoms with Gasteiger partial charge in [0.2, 0.25) is 11.0 Å². The molecule has 1 saturated carbocycles. The number of nitrogens with zero attached hydrogens (tertiary/aromatic N) is 4. The van der Waals surface area contributed by atoms with Gasteiger partial charge >= 0.3 is 12.1 Å². The van der Waals surface area contributed by atoms with Crippen LogP contribution < -0.4 is 10.2 Å². The summed E-state index contributed by atoms with van der Waals surface area (Å²) in [6.07, 6.45) is 2.48. The summed E-state index contributed by atoms with van der Waals surface area (Å²) in [4.78, 5) is 21.7. The zero-order chi connectivity index (χ0) is 24.2. The van der Waals surface area contributed by atoms with E-state index in [1.807, 2.05) is 0 Å². The van der Waals surface area contributed by atoms with Gasteiger partial charge in [0.05, 0.1) is 12.1 Å². The van der Waals surface area contributed by atoms with Crippen LogP contribution in [0.1, 0.15) is 76.6 Å². The number of carbonyl (C=O) groups is 1. The number of carboxylic acid groups (broad SMARTS) is 1. The second-order valence-electron chi connectivity index (χ2n) is 9.02. The van der Waals surface area contributed by atoms with Crippen LogP contribution in [0.15, 0.2) is 12.3 Å². The van der Waals surface area contributed by atoms with E-state index in [0.29, 0.717) is 34.5 Å². The predicted octanol–water partition coefficient (Wildman–Crippen LogP) is 6.07. The minimum Gasteiger partial charge on any atom is -0.481 e. The lowest BCUT2D eigenvalue weighted by Crippen LogP contribution is -2.40. The van der Waals surface area contributed by atoms with Crippen molar-refractivity contribution in [2.24, 2.45) is 5.92 Å². The zero-order valence-electron chi connectivity index (χ0n) is 19.0. The van der Waals surface area contributed by atoms with E-state index >= 15 is 0 Å². The van der Waals surface area contributed by atoms with Gasteiger partial charge in [0.15, 0.2) is 5.82 Å². The van der Waals surface area contributed by atoms with Crippen LogP contribution in [0.5, 0.6) is 0 Å². The Labute approximate surface area is 195 Å². The van der Waals surface area contributed by atoms with Gasteiger partial charge < -0.3 is 15.3 Å². The molecule has 0 spiro atoms. The van der Waals surface area contributed by atoms with Gasteiger partial charge in [-0.1, -0.05) is 40.0 Å². The highest BCUT2D eigenvalue weighted by atomic mass is 32.1. The molecular formula is C22H30F3N5O2S. The molecule has 182 valence electrons. The highest BCUT2D eigenvalue weighted by molar-refractivity contribution is 7.09. The first-order valence-electron chi connectivity index (χ1n) is 11.2. The van der Waals surface area contributed by atoms with Crippen molar-refractivity contribution >= 4 is 34.1 Å². The summed E-state index contributed by atoms with van der Waals surface area (Å²) in [5.74, 6) is -1.43. The second kappa shape index (κ2) is 10.7. The van der Waals surface area contributed by atoms with E-state index < -0.39 is 18.0 Å². The second-order valence-corrected chi connectivity index (χ2v) is 9.77. The number of hydrogen-bond acceptors (Lipinski definition) is 7. The van der Waals surface area contributed by atoms with Gasteiger partial charge in [-0.25, -0.2) is 4.98 Å². The normalized spacial score (nSPS) is 16.1. The van der Waals surface area contributed by atoms with Crippen molar-refractivity contribution in [3.8, 4) is 0 Å². The van der Waals surface area contributed by atoms with E-state index in [2.05, 4.69) is 33.4 Å². The number of anilines is 3. The number of aliphatic carboxylic acids is 1. The number of halogens is 3. The van der Waals surface area contributed by atoms with Crippen molar-refractivity contribution in [2.45, 2.75) is 77.4 Å². The summed E-state index contributed by atoms with van der Waals surface area (Å²) >= 11 is 0.633. The van der Waals surface area contributed by atoms with E-state index in [1.54, 1.807) is 19.2 Å². The molecule has 1 fully saturated rings. The van der Waals surface area contributed by atoms with Gasteiger partial charge in [0.1, 0.15) is 0 Å². The molecule has 1 aliphatic carbocycles. The average molecular weight is 486 g/mol. The van der Waals surface area contributed by atoms with E-state index in [1.165, 1.54) is 6.42 Å². The molecule has 1 aliphatic rings. The van der Waals surface area contributed by atoms with Gasteiger partial charge in [-0.15, -0.1) is 0 Å². The van der Waals surface area contributed by atoms with E-state index in [9.17, 15) is 23.1 Å². The standard InChI is InChI=1S/C22H30F3N5O2S/c1-13(2)12-30(16-7-5-4-6-8-16)19-17(10-15(11-26-19)14(3)9-18(31)32)27-21-28-20(29-33-21)22(23,24)25/h10-11,13-14,16H,4-9,12H2,1-3H3,(H,31,32)(H,27,28,29)/t14-/m1/s1. The molecule has 0 aromatic carbocycles. The van der Waals surface area contributed by atoms with Gasteiger partial charge in [-0.05, 0) is 36.3 Å². The largest absolute Gasteiger partial charge is 0.481 e. The summed E-state index contributed by atoms with van der Waals surface area (Å²) in [6, 6.07) is 2.07. The third-order valence-corrected chi connectivity index (χ3v) is 6.34. The Morgan fingerprint density at radius 2 is 1.97 bits per heavy atom. The first kappa shape index (κ1) is 25.2. The Morgan fingerprint density at radius 3 is 2.55 bits per heavy atom. The molecule has 2 aromatic rings. The molecule has 0 aliphatic heterocycles. The summed E-state index contributed by atoms with van der Waals surface area (Å²) in [5.41, 5.74) is 1.21. The molecule has 0 bridgehead atoms. The fourth-order valence-electron chi connectivity index (χ4n) is 4.14. The number of nitrogens with one attached hydrogen (secondary N) is 1. The number of hydrogen-bond donors (Lipinski definition) is 2. The van der Waals surface area contributed by atoms with E-state index in [4.69, 9.17) is 4.98 Å². The third-order valence-electron chi connectivity index (χ3n) is 5.71. The van der Waals surface area contributed by atoms with Gasteiger partial charge in [-0.2, -0.15) is 22.5 Å². The van der Waals surface area contributed by atoms with Crippen LogP contribution in [0.2, 0.25) is 0 Å². The van der Waals surface area contributed by atoms with Crippen molar-refractivity contribution in [3.05, 3.63) is 23.7 Å². The number of rotatable bonds is 9.